The van der Waals surface area contributed by atoms with Gasteiger partial charge in [0.15, 0.2) is 0 Å². The van der Waals surface area contributed by atoms with Gasteiger partial charge in [-0.1, -0.05) is 13.8 Å². The lowest BCUT2D eigenvalue weighted by Gasteiger charge is -2.27. The highest BCUT2D eigenvalue weighted by Crippen LogP contribution is 2.09. The van der Waals surface area contributed by atoms with Crippen LogP contribution >= 0.6 is 0 Å². The number of H-pyrrole nitrogens is 1. The molecule has 4 atom stereocenters. The van der Waals surface area contributed by atoms with Crippen molar-refractivity contribution in [2.24, 2.45) is 17.4 Å². The minimum Gasteiger partial charge on any atom is -0.481 e. The molecule has 0 saturated heterocycles. The fraction of sp³-hybridized carbons (Fsp3) is 0.640. The number of imidazole rings is 1. The first kappa shape index (κ1) is 35.0. The summed E-state index contributed by atoms with van der Waals surface area (Å²) in [7, 11) is 0. The van der Waals surface area contributed by atoms with Crippen LogP contribution in [0.25, 0.3) is 0 Å². The van der Waals surface area contributed by atoms with Crippen molar-refractivity contribution < 1.29 is 39.0 Å². The average molecular weight is 583 g/mol. The van der Waals surface area contributed by atoms with E-state index in [1.807, 2.05) is 0 Å². The van der Waals surface area contributed by atoms with E-state index in [9.17, 15) is 33.9 Å². The Morgan fingerprint density at radius 1 is 0.829 bits per heavy atom. The van der Waals surface area contributed by atoms with Crippen LogP contribution < -0.4 is 32.7 Å². The molecule has 4 amide bonds. The fourth-order valence-electron chi connectivity index (χ4n) is 3.83. The summed E-state index contributed by atoms with van der Waals surface area (Å²) in [4.78, 5) is 81.2. The molecule has 0 spiro atoms. The van der Waals surface area contributed by atoms with Crippen LogP contribution in [0, 0.1) is 5.92 Å². The fourth-order valence-corrected chi connectivity index (χ4v) is 3.83. The Hall–Kier alpha value is -4.05. The van der Waals surface area contributed by atoms with Crippen molar-refractivity contribution in [3.8, 4) is 0 Å². The van der Waals surface area contributed by atoms with Gasteiger partial charge in [0.1, 0.15) is 24.2 Å². The Labute approximate surface area is 237 Å². The molecule has 0 radical (unpaired) electrons. The number of carbonyl (C=O) groups is 6. The number of carbonyl (C=O) groups excluding carboxylic acids is 4. The molecule has 0 bridgehead atoms. The number of amides is 4. The Bertz CT molecular complexity index is 1020. The van der Waals surface area contributed by atoms with E-state index >= 15 is 0 Å². The molecular weight excluding hydrogens is 540 g/mol. The average Bonchev–Trinajstić information content (AvgIpc) is 3.41. The zero-order valence-corrected chi connectivity index (χ0v) is 23.4. The van der Waals surface area contributed by atoms with Crippen molar-refractivity contribution in [1.82, 2.24) is 31.2 Å². The topological polar surface area (TPSA) is 272 Å². The zero-order chi connectivity index (χ0) is 30.9. The van der Waals surface area contributed by atoms with Crippen LogP contribution in [0.4, 0.5) is 0 Å². The third kappa shape index (κ3) is 13.2. The number of hydrogen-bond acceptors (Lipinski definition) is 9. The number of nitrogens with zero attached hydrogens (tertiary/aromatic N) is 1. The molecule has 0 aliphatic carbocycles. The van der Waals surface area contributed by atoms with Crippen LogP contribution in [0.15, 0.2) is 12.5 Å². The molecule has 11 N–H and O–H groups in total. The lowest BCUT2D eigenvalue weighted by atomic mass is 10.0. The van der Waals surface area contributed by atoms with Crippen molar-refractivity contribution in [1.29, 1.82) is 0 Å². The molecular formula is C25H42N8O8. The first-order valence-electron chi connectivity index (χ1n) is 13.4. The summed E-state index contributed by atoms with van der Waals surface area (Å²) in [5.41, 5.74) is 11.4. The SMILES string of the molecule is CC(C)[C@H](NC(=O)[C@H](Cc1cnc[nH]1)NC(=O)CCN)C(=O)N[C@@H](CCC(=O)O)C(=O)N[C@@H](CCCCN)C(=O)O. The number of aromatic amines is 1. The number of aromatic nitrogens is 2. The molecule has 41 heavy (non-hydrogen) atoms. The van der Waals surface area contributed by atoms with E-state index < -0.39 is 72.1 Å². The normalized spacial score (nSPS) is 13.9. The third-order valence-corrected chi connectivity index (χ3v) is 6.09. The second-order valence-electron chi connectivity index (χ2n) is 9.85. The van der Waals surface area contributed by atoms with E-state index in [2.05, 4.69) is 31.2 Å². The second-order valence-corrected chi connectivity index (χ2v) is 9.85. The number of nitrogens with one attached hydrogen (secondary N) is 5. The molecule has 0 saturated carbocycles. The van der Waals surface area contributed by atoms with Gasteiger partial charge in [-0.2, -0.15) is 0 Å². The summed E-state index contributed by atoms with van der Waals surface area (Å²) in [5.74, 6) is -5.82. The highest BCUT2D eigenvalue weighted by atomic mass is 16.4. The first-order valence-corrected chi connectivity index (χ1v) is 13.4. The molecule has 0 aromatic carbocycles. The number of carboxylic acids is 2. The molecule has 1 aromatic rings. The Balaban J connectivity index is 3.07. The van der Waals surface area contributed by atoms with Gasteiger partial charge in [0, 0.05) is 37.7 Å². The van der Waals surface area contributed by atoms with Gasteiger partial charge in [0.2, 0.25) is 23.6 Å². The smallest absolute Gasteiger partial charge is 0.326 e. The van der Waals surface area contributed by atoms with Gasteiger partial charge in [-0.05, 0) is 38.1 Å². The van der Waals surface area contributed by atoms with E-state index in [4.69, 9.17) is 16.6 Å². The molecule has 0 aliphatic heterocycles. The number of carboxylic acid groups (broad SMARTS) is 2. The summed E-state index contributed by atoms with van der Waals surface area (Å²) in [6.07, 6.45) is 3.17. The summed E-state index contributed by atoms with van der Waals surface area (Å²) < 4.78 is 0. The van der Waals surface area contributed by atoms with Crippen LogP contribution in [0.1, 0.15) is 58.1 Å². The standard InChI is InChI=1S/C25H42N8O8/c1-14(2)21(33-23(38)18(30-19(34)8-10-27)11-15-12-28-13-29-15)24(39)31-16(6-7-20(35)36)22(37)32-17(25(40)41)5-3-4-9-26/h12-14,16-18,21H,3-11,26-27H2,1-2H3,(H,28,29)(H,30,34)(H,31,39)(H,32,37)(H,33,38)(H,35,36)(H,40,41)/t16-,17-,18-,21-/m0/s1. The minimum atomic E-state index is -1.39. The highest BCUT2D eigenvalue weighted by molar-refractivity contribution is 5.95. The Morgan fingerprint density at radius 2 is 1.49 bits per heavy atom. The van der Waals surface area contributed by atoms with Crippen molar-refractivity contribution in [2.75, 3.05) is 13.1 Å². The molecule has 0 fully saturated rings. The maximum absolute atomic E-state index is 13.3. The molecule has 1 rings (SSSR count). The van der Waals surface area contributed by atoms with Crippen molar-refractivity contribution in [3.63, 3.8) is 0 Å². The van der Waals surface area contributed by atoms with Gasteiger partial charge >= 0.3 is 11.9 Å². The predicted octanol–water partition coefficient (Wildman–Crippen LogP) is -2.03. The van der Waals surface area contributed by atoms with Gasteiger partial charge in [-0.25, -0.2) is 9.78 Å². The lowest BCUT2D eigenvalue weighted by Crippen LogP contribution is -2.59. The van der Waals surface area contributed by atoms with Crippen molar-refractivity contribution in [2.45, 2.75) is 83.0 Å². The molecule has 230 valence electrons. The molecule has 0 unspecified atom stereocenters. The Morgan fingerprint density at radius 3 is 2.02 bits per heavy atom. The largest absolute Gasteiger partial charge is 0.481 e. The van der Waals surface area contributed by atoms with E-state index in [0.29, 0.717) is 25.1 Å². The van der Waals surface area contributed by atoms with Crippen LogP contribution in [0.5, 0.6) is 0 Å². The summed E-state index contributed by atoms with van der Waals surface area (Å²) >= 11 is 0. The predicted molar refractivity (Wildman–Crippen MR) is 146 cm³/mol. The van der Waals surface area contributed by atoms with Crippen LogP contribution in [-0.4, -0.2) is 93.0 Å². The van der Waals surface area contributed by atoms with Crippen LogP contribution in [-0.2, 0) is 35.2 Å². The van der Waals surface area contributed by atoms with Gasteiger partial charge in [-0.3, -0.25) is 24.0 Å². The first-order chi connectivity index (χ1) is 19.4. The molecule has 0 aliphatic rings. The monoisotopic (exact) mass is 582 g/mol. The second kappa shape index (κ2) is 18.3. The van der Waals surface area contributed by atoms with Gasteiger partial charge < -0.3 is 47.9 Å². The van der Waals surface area contributed by atoms with Gasteiger partial charge in [-0.15, -0.1) is 0 Å². The third-order valence-electron chi connectivity index (χ3n) is 6.09. The van der Waals surface area contributed by atoms with Gasteiger partial charge in [0.05, 0.1) is 6.33 Å². The van der Waals surface area contributed by atoms with Crippen molar-refractivity contribution in [3.05, 3.63) is 18.2 Å². The Kier molecular flexibility index (Phi) is 15.6. The number of nitrogens with two attached hydrogens (primary N) is 2. The minimum absolute atomic E-state index is 0.0230. The van der Waals surface area contributed by atoms with Crippen molar-refractivity contribution >= 4 is 35.6 Å². The summed E-state index contributed by atoms with van der Waals surface area (Å²) in [5, 5.41) is 28.6. The summed E-state index contributed by atoms with van der Waals surface area (Å²) in [6.45, 7) is 3.70. The van der Waals surface area contributed by atoms with Gasteiger partial charge in [0.25, 0.3) is 0 Å². The van der Waals surface area contributed by atoms with Crippen LogP contribution in [0.2, 0.25) is 0 Å². The number of hydrogen-bond donors (Lipinski definition) is 9. The lowest BCUT2D eigenvalue weighted by molar-refractivity contribution is -0.143. The maximum atomic E-state index is 13.3. The quantitative estimate of drug-likeness (QED) is 0.0756. The maximum Gasteiger partial charge on any atom is 0.326 e. The van der Waals surface area contributed by atoms with E-state index in [1.165, 1.54) is 12.5 Å². The number of aliphatic carboxylic acids is 2. The molecule has 16 nitrogen and oxygen atoms in total. The zero-order valence-electron chi connectivity index (χ0n) is 23.4. The molecule has 16 heteroatoms. The number of unbranched alkanes of at least 4 members (excludes halogenated alkanes) is 1. The molecule has 1 aromatic heterocycles. The van der Waals surface area contributed by atoms with E-state index in [-0.39, 0.29) is 32.2 Å². The summed E-state index contributed by atoms with van der Waals surface area (Å²) in [6, 6.07) is -4.92. The molecule has 1 heterocycles. The number of rotatable bonds is 20. The highest BCUT2D eigenvalue weighted by Gasteiger charge is 2.33. The van der Waals surface area contributed by atoms with Crippen LogP contribution in [0.3, 0.4) is 0 Å². The van der Waals surface area contributed by atoms with E-state index in [1.54, 1.807) is 13.8 Å². The van der Waals surface area contributed by atoms with E-state index in [0.717, 1.165) is 0 Å².